The first-order chi connectivity index (χ1) is 4.15. The van der Waals surface area contributed by atoms with Crippen molar-refractivity contribution in [3.63, 3.8) is 0 Å². The van der Waals surface area contributed by atoms with Gasteiger partial charge in [-0.25, -0.2) is 0 Å². The lowest BCUT2D eigenvalue weighted by Gasteiger charge is -1.60. The van der Waals surface area contributed by atoms with Crippen LogP contribution in [0.1, 0.15) is 13.8 Å². The standard InChI is InChI=1S/C2H5NO.C2H3N.CH2O/c1-2(3)4;1-2-3;1-2/h1H3,(H2,3,4);1H3;1H2. The van der Waals surface area contributed by atoms with E-state index in [1.807, 2.05) is 6.79 Å². The number of nitrogens with zero attached hydrogens (tertiary/aromatic N) is 1. The van der Waals surface area contributed by atoms with Gasteiger partial charge in [0, 0.05) is 13.8 Å². The van der Waals surface area contributed by atoms with Gasteiger partial charge in [0.25, 0.3) is 0 Å². The molecule has 0 heterocycles. The van der Waals surface area contributed by atoms with Gasteiger partial charge in [0.15, 0.2) is 0 Å². The first-order valence-corrected chi connectivity index (χ1v) is 2.01. The molecule has 4 nitrogen and oxygen atoms in total. The van der Waals surface area contributed by atoms with Crippen LogP contribution in [0.25, 0.3) is 0 Å². The van der Waals surface area contributed by atoms with Crippen LogP contribution in [0, 0.1) is 11.3 Å². The lowest BCUT2D eigenvalue weighted by atomic mass is 10.8. The van der Waals surface area contributed by atoms with Crippen molar-refractivity contribution in [3.8, 4) is 6.07 Å². The first-order valence-electron chi connectivity index (χ1n) is 2.01. The lowest BCUT2D eigenvalue weighted by Crippen LogP contribution is -2.01. The molecule has 1 amide bonds. The second kappa shape index (κ2) is 30.4. The number of nitrogens with two attached hydrogens (primary N) is 1. The van der Waals surface area contributed by atoms with Crippen LogP contribution >= 0.6 is 0 Å². The molecule has 0 atom stereocenters. The molecule has 0 bridgehead atoms. The third-order valence-corrected chi connectivity index (χ3v) is 0. The molecule has 0 saturated carbocycles. The van der Waals surface area contributed by atoms with E-state index in [9.17, 15) is 4.79 Å². The molecule has 0 saturated heterocycles. The number of amides is 1. The molecule has 0 spiro atoms. The minimum Gasteiger partial charge on any atom is -0.370 e. The van der Waals surface area contributed by atoms with Crippen molar-refractivity contribution in [3.05, 3.63) is 0 Å². The lowest BCUT2D eigenvalue weighted by molar-refractivity contribution is -0.116. The van der Waals surface area contributed by atoms with E-state index in [-0.39, 0.29) is 5.91 Å². The van der Waals surface area contributed by atoms with Gasteiger partial charge < -0.3 is 10.5 Å². The van der Waals surface area contributed by atoms with E-state index < -0.39 is 0 Å². The van der Waals surface area contributed by atoms with Crippen molar-refractivity contribution in [2.75, 3.05) is 0 Å². The molecular formula is C5H10N2O2. The summed E-state index contributed by atoms with van der Waals surface area (Å²) in [6, 6.07) is 1.75. The van der Waals surface area contributed by atoms with Gasteiger partial charge >= 0.3 is 0 Å². The zero-order valence-electron chi connectivity index (χ0n) is 5.55. The molecule has 2 N–H and O–H groups in total. The molecule has 0 aliphatic rings. The highest BCUT2D eigenvalue weighted by Crippen LogP contribution is 1.33. The molecule has 0 unspecified atom stereocenters. The Kier molecular flexibility index (Phi) is 52.8. The van der Waals surface area contributed by atoms with Gasteiger partial charge in [-0.2, -0.15) is 5.26 Å². The Labute approximate surface area is 54.3 Å². The number of nitriles is 1. The number of rotatable bonds is 0. The van der Waals surface area contributed by atoms with Crippen molar-refractivity contribution in [2.24, 2.45) is 5.73 Å². The zero-order chi connectivity index (χ0) is 8.28. The summed E-state index contributed by atoms with van der Waals surface area (Å²) < 4.78 is 0. The van der Waals surface area contributed by atoms with Gasteiger partial charge in [-0.3, -0.25) is 4.79 Å². The summed E-state index contributed by atoms with van der Waals surface area (Å²) in [5.41, 5.74) is 4.47. The topological polar surface area (TPSA) is 83.9 Å². The fourth-order valence-corrected chi connectivity index (χ4v) is 0. The van der Waals surface area contributed by atoms with Crippen LogP contribution in [-0.2, 0) is 9.59 Å². The fraction of sp³-hybridized carbons (Fsp3) is 0.400. The quantitative estimate of drug-likeness (QED) is 0.494. The van der Waals surface area contributed by atoms with Crippen LogP contribution in [0.15, 0.2) is 0 Å². The van der Waals surface area contributed by atoms with Gasteiger partial charge in [-0.15, -0.1) is 0 Å². The molecule has 0 radical (unpaired) electrons. The number of hydrogen-bond donors (Lipinski definition) is 1. The summed E-state index contributed by atoms with van der Waals surface area (Å²) in [5.74, 6) is -0.333. The minimum atomic E-state index is -0.333. The molecule has 0 aliphatic carbocycles. The highest BCUT2D eigenvalue weighted by molar-refractivity contribution is 5.70. The van der Waals surface area contributed by atoms with Crippen molar-refractivity contribution in [1.82, 2.24) is 0 Å². The predicted molar refractivity (Wildman–Crippen MR) is 33.3 cm³/mol. The molecule has 4 heteroatoms. The second-order valence-corrected chi connectivity index (χ2v) is 0.834. The fourth-order valence-electron chi connectivity index (χ4n) is 0. The van der Waals surface area contributed by atoms with Crippen molar-refractivity contribution >= 4 is 12.7 Å². The van der Waals surface area contributed by atoms with E-state index in [1.165, 1.54) is 13.8 Å². The second-order valence-electron chi connectivity index (χ2n) is 0.834. The van der Waals surface area contributed by atoms with Crippen LogP contribution < -0.4 is 5.73 Å². The first kappa shape index (κ1) is 15.6. The SMILES string of the molecule is C=O.CC#N.CC(N)=O. The largest absolute Gasteiger partial charge is 0.370 e. The van der Waals surface area contributed by atoms with Crippen LogP contribution in [-0.4, -0.2) is 12.7 Å². The molecule has 0 aliphatic heterocycles. The summed E-state index contributed by atoms with van der Waals surface area (Å²) in [5, 5.41) is 7.32. The van der Waals surface area contributed by atoms with E-state index in [0.717, 1.165) is 0 Å². The summed E-state index contributed by atoms with van der Waals surface area (Å²) in [6.45, 7) is 4.74. The zero-order valence-corrected chi connectivity index (χ0v) is 5.55. The molecular weight excluding hydrogens is 120 g/mol. The summed E-state index contributed by atoms with van der Waals surface area (Å²) in [4.78, 5) is 17.2. The van der Waals surface area contributed by atoms with Crippen molar-refractivity contribution in [2.45, 2.75) is 13.8 Å². The molecule has 52 valence electrons. The van der Waals surface area contributed by atoms with E-state index >= 15 is 0 Å². The van der Waals surface area contributed by atoms with Crippen molar-refractivity contribution < 1.29 is 9.59 Å². The highest BCUT2D eigenvalue weighted by Gasteiger charge is 1.61. The molecule has 0 rings (SSSR count). The van der Waals surface area contributed by atoms with Gasteiger partial charge in [0.2, 0.25) is 5.91 Å². The normalized spacial score (nSPS) is 4.11. The molecule has 0 aromatic heterocycles. The Balaban J connectivity index is -0.0000000646. The predicted octanol–water partition coefficient (Wildman–Crippen LogP) is -0.163. The van der Waals surface area contributed by atoms with Gasteiger partial charge in [-0.05, 0) is 0 Å². The Morgan fingerprint density at radius 2 is 1.67 bits per heavy atom. The van der Waals surface area contributed by atoms with Gasteiger partial charge in [0.1, 0.15) is 6.79 Å². The van der Waals surface area contributed by atoms with Crippen LogP contribution in [0.5, 0.6) is 0 Å². The number of hydrogen-bond acceptors (Lipinski definition) is 3. The summed E-state index contributed by atoms with van der Waals surface area (Å²) in [6.07, 6.45) is 0. The average Bonchev–Trinajstić information content (AvgIpc) is 1.71. The average molecular weight is 130 g/mol. The highest BCUT2D eigenvalue weighted by atomic mass is 16.1. The number of carbonyl (C=O) groups is 2. The minimum absolute atomic E-state index is 0.333. The molecule has 0 fully saturated rings. The molecule has 9 heavy (non-hydrogen) atoms. The monoisotopic (exact) mass is 130 g/mol. The summed E-state index contributed by atoms with van der Waals surface area (Å²) in [7, 11) is 0. The molecule has 0 aromatic carbocycles. The van der Waals surface area contributed by atoms with E-state index in [2.05, 4.69) is 5.73 Å². The van der Waals surface area contributed by atoms with Gasteiger partial charge in [0.05, 0.1) is 6.07 Å². The summed E-state index contributed by atoms with van der Waals surface area (Å²) >= 11 is 0. The van der Waals surface area contributed by atoms with Gasteiger partial charge in [-0.1, -0.05) is 0 Å². The Hall–Kier alpha value is -1.37. The number of carbonyl (C=O) groups excluding carboxylic acids is 2. The molecule has 0 aromatic rings. The maximum Gasteiger partial charge on any atom is 0.214 e. The van der Waals surface area contributed by atoms with E-state index in [1.54, 1.807) is 6.07 Å². The Morgan fingerprint density at radius 1 is 1.67 bits per heavy atom. The van der Waals surface area contributed by atoms with Crippen molar-refractivity contribution in [1.29, 1.82) is 5.26 Å². The van der Waals surface area contributed by atoms with E-state index in [0.29, 0.717) is 0 Å². The van der Waals surface area contributed by atoms with Crippen LogP contribution in [0.4, 0.5) is 0 Å². The maximum absolute atomic E-state index is 9.22. The Morgan fingerprint density at radius 3 is 1.67 bits per heavy atom. The smallest absolute Gasteiger partial charge is 0.214 e. The van der Waals surface area contributed by atoms with Crippen LogP contribution in [0.2, 0.25) is 0 Å². The van der Waals surface area contributed by atoms with E-state index in [4.69, 9.17) is 10.1 Å². The third kappa shape index (κ3) is 75.7. The van der Waals surface area contributed by atoms with Crippen LogP contribution in [0.3, 0.4) is 0 Å². The third-order valence-electron chi connectivity index (χ3n) is 0. The number of primary amides is 1. The Bertz CT molecular complexity index is 91.6. The maximum atomic E-state index is 9.22.